The Morgan fingerprint density at radius 1 is 1.29 bits per heavy atom. The van der Waals surface area contributed by atoms with Gasteiger partial charge in [-0.1, -0.05) is 36.8 Å². The highest BCUT2D eigenvalue weighted by molar-refractivity contribution is 7.90. The van der Waals surface area contributed by atoms with E-state index in [0.717, 1.165) is 29.7 Å². The molecule has 0 spiro atoms. The summed E-state index contributed by atoms with van der Waals surface area (Å²) in [6.07, 6.45) is 0.357. The van der Waals surface area contributed by atoms with Gasteiger partial charge in [0.2, 0.25) is 11.8 Å². The summed E-state index contributed by atoms with van der Waals surface area (Å²) < 4.78 is 42.2. The van der Waals surface area contributed by atoms with Crippen LogP contribution >= 0.6 is 22.9 Å². The van der Waals surface area contributed by atoms with Gasteiger partial charge in [-0.25, -0.2) is 17.8 Å². The lowest BCUT2D eigenvalue weighted by atomic mass is 10.2. The van der Waals surface area contributed by atoms with Crippen molar-refractivity contribution in [2.45, 2.75) is 25.6 Å². The van der Waals surface area contributed by atoms with Gasteiger partial charge in [-0.2, -0.15) is 0 Å². The highest BCUT2D eigenvalue weighted by Crippen LogP contribution is 2.33. The topological polar surface area (TPSA) is 140 Å². The van der Waals surface area contributed by atoms with Crippen LogP contribution < -0.4 is 21.1 Å². The summed E-state index contributed by atoms with van der Waals surface area (Å²) in [5.74, 6) is -1.58. The van der Waals surface area contributed by atoms with E-state index in [4.69, 9.17) is 22.1 Å². The van der Waals surface area contributed by atoms with Crippen molar-refractivity contribution in [3.63, 3.8) is 0 Å². The number of sulfone groups is 1. The van der Waals surface area contributed by atoms with Gasteiger partial charge < -0.3 is 21.1 Å². The van der Waals surface area contributed by atoms with E-state index in [1.165, 1.54) is 6.07 Å². The first-order valence-electron chi connectivity index (χ1n) is 8.99. The van der Waals surface area contributed by atoms with E-state index in [0.29, 0.717) is 6.61 Å². The minimum Gasteiger partial charge on any atom is -0.491 e. The summed E-state index contributed by atoms with van der Waals surface area (Å²) in [5.41, 5.74) is 5.74. The van der Waals surface area contributed by atoms with Crippen LogP contribution in [0.25, 0.3) is 0 Å². The Morgan fingerprint density at radius 3 is 2.55 bits per heavy atom. The van der Waals surface area contributed by atoms with Crippen LogP contribution in [0.4, 0.5) is 15.2 Å². The molecule has 0 saturated carbocycles. The highest BCUT2D eigenvalue weighted by Gasteiger charge is 2.25. The molecule has 0 saturated heterocycles. The second-order valence-electron chi connectivity index (χ2n) is 7.05. The molecule has 2 aromatic rings. The van der Waals surface area contributed by atoms with Gasteiger partial charge in [0.25, 0.3) is 0 Å². The third-order valence-corrected chi connectivity index (χ3v) is 6.04. The standard InChI is InChI=1S/C18H22ClFN4O5S2/c1-9(2)8-29-12-6-10(20)4-5-11(12)22-13(25)7-14(26)23-18-24-15(16(19)30-18)17(21)31(3,27)28/h4-6,9,17H,7-8,21H2,1-3H3,(H,22,25)(H,23,24,26). The molecule has 1 unspecified atom stereocenters. The van der Waals surface area contributed by atoms with Crippen molar-refractivity contribution in [1.82, 2.24) is 4.98 Å². The fourth-order valence-corrected chi connectivity index (χ4v) is 4.07. The molecule has 31 heavy (non-hydrogen) atoms. The number of hydrogen-bond acceptors (Lipinski definition) is 8. The number of benzene rings is 1. The molecule has 13 heteroatoms. The molecule has 2 amide bonds. The van der Waals surface area contributed by atoms with Crippen LogP contribution in [-0.4, -0.2) is 38.1 Å². The van der Waals surface area contributed by atoms with Crippen molar-refractivity contribution >= 4 is 55.4 Å². The Balaban J connectivity index is 2.02. The van der Waals surface area contributed by atoms with Crippen molar-refractivity contribution in [2.75, 3.05) is 23.5 Å². The number of anilines is 2. The van der Waals surface area contributed by atoms with Gasteiger partial charge in [-0.3, -0.25) is 9.59 Å². The number of hydrogen-bond donors (Lipinski definition) is 3. The molecular weight excluding hydrogens is 471 g/mol. The molecule has 0 fully saturated rings. The fourth-order valence-electron chi connectivity index (χ4n) is 2.22. The van der Waals surface area contributed by atoms with Gasteiger partial charge in [0.1, 0.15) is 28.0 Å². The predicted octanol–water partition coefficient (Wildman–Crippen LogP) is 2.94. The molecule has 0 aliphatic rings. The van der Waals surface area contributed by atoms with Gasteiger partial charge in [-0.15, -0.1) is 0 Å². The molecule has 170 valence electrons. The maximum atomic E-state index is 13.5. The lowest BCUT2D eigenvalue weighted by Gasteiger charge is -2.14. The Bertz CT molecular complexity index is 1070. The van der Waals surface area contributed by atoms with Gasteiger partial charge >= 0.3 is 0 Å². The molecule has 4 N–H and O–H groups in total. The number of nitrogens with two attached hydrogens (primary N) is 1. The van der Waals surface area contributed by atoms with E-state index in [9.17, 15) is 22.4 Å². The molecule has 0 aliphatic carbocycles. The van der Waals surface area contributed by atoms with Crippen molar-refractivity contribution in [2.24, 2.45) is 11.7 Å². The molecule has 2 rings (SSSR count). The molecule has 0 aliphatic heterocycles. The lowest BCUT2D eigenvalue weighted by molar-refractivity contribution is -0.123. The average molecular weight is 493 g/mol. The minimum absolute atomic E-state index is 0.000335. The summed E-state index contributed by atoms with van der Waals surface area (Å²) >= 11 is 6.78. The number of aromatic nitrogens is 1. The smallest absolute Gasteiger partial charge is 0.235 e. The summed E-state index contributed by atoms with van der Waals surface area (Å²) in [6, 6.07) is 3.63. The molecule has 0 radical (unpaired) electrons. The Hall–Kier alpha value is -2.28. The number of rotatable bonds is 9. The van der Waals surface area contributed by atoms with Gasteiger partial charge in [-0.05, 0) is 18.1 Å². The van der Waals surface area contributed by atoms with Crippen molar-refractivity contribution < 1.29 is 27.1 Å². The Kier molecular flexibility index (Phi) is 8.34. The Labute approximate surface area is 188 Å². The van der Waals surface area contributed by atoms with Gasteiger partial charge in [0, 0.05) is 12.3 Å². The van der Waals surface area contributed by atoms with Gasteiger partial charge in [0.15, 0.2) is 20.3 Å². The van der Waals surface area contributed by atoms with Crippen molar-refractivity contribution in [1.29, 1.82) is 0 Å². The first kappa shape index (κ1) is 25.0. The van der Waals surface area contributed by atoms with Crippen LogP contribution in [0.15, 0.2) is 18.2 Å². The third kappa shape index (κ3) is 7.42. The molecular formula is C18H22ClFN4O5S2. The normalized spacial score (nSPS) is 12.5. The SMILES string of the molecule is CC(C)COc1cc(F)ccc1NC(=O)CC(=O)Nc1nc(C(N)S(C)(=O)=O)c(Cl)s1. The number of carbonyl (C=O) groups is 2. The maximum Gasteiger partial charge on any atom is 0.235 e. The zero-order chi connectivity index (χ0) is 23.3. The summed E-state index contributed by atoms with van der Waals surface area (Å²) in [4.78, 5) is 28.3. The van der Waals surface area contributed by atoms with Crippen LogP contribution in [0, 0.1) is 11.7 Å². The molecule has 1 atom stereocenters. The van der Waals surface area contributed by atoms with E-state index in [-0.39, 0.29) is 32.5 Å². The quantitative estimate of drug-likeness (QED) is 0.457. The number of nitrogens with one attached hydrogen (secondary N) is 2. The Morgan fingerprint density at radius 2 is 1.94 bits per heavy atom. The first-order chi connectivity index (χ1) is 14.4. The molecule has 1 heterocycles. The molecule has 9 nitrogen and oxygen atoms in total. The van der Waals surface area contributed by atoms with Gasteiger partial charge in [0.05, 0.1) is 12.3 Å². The minimum atomic E-state index is -3.64. The number of ether oxygens (including phenoxy) is 1. The van der Waals surface area contributed by atoms with E-state index < -0.39 is 39.3 Å². The predicted molar refractivity (Wildman–Crippen MR) is 118 cm³/mol. The second kappa shape index (κ2) is 10.4. The number of thiazole rings is 1. The number of halogens is 2. The zero-order valence-electron chi connectivity index (χ0n) is 16.9. The maximum absolute atomic E-state index is 13.5. The first-order valence-corrected chi connectivity index (χ1v) is 12.1. The van der Waals surface area contributed by atoms with E-state index in [2.05, 4.69) is 15.6 Å². The third-order valence-electron chi connectivity index (χ3n) is 3.70. The zero-order valence-corrected chi connectivity index (χ0v) is 19.3. The molecule has 1 aromatic carbocycles. The van der Waals surface area contributed by atoms with E-state index >= 15 is 0 Å². The number of nitrogens with zero attached hydrogens (tertiary/aromatic N) is 1. The van der Waals surface area contributed by atoms with Crippen LogP contribution in [0.1, 0.15) is 31.3 Å². The van der Waals surface area contributed by atoms with Crippen LogP contribution in [-0.2, 0) is 19.4 Å². The fraction of sp³-hybridized carbons (Fsp3) is 0.389. The van der Waals surface area contributed by atoms with Crippen molar-refractivity contribution in [3.05, 3.63) is 34.0 Å². The number of amides is 2. The van der Waals surface area contributed by atoms with Crippen molar-refractivity contribution in [3.8, 4) is 5.75 Å². The second-order valence-corrected chi connectivity index (χ2v) is 10.8. The average Bonchev–Trinajstić information content (AvgIpc) is 2.99. The monoisotopic (exact) mass is 492 g/mol. The number of carbonyl (C=O) groups excluding carboxylic acids is 2. The lowest BCUT2D eigenvalue weighted by Crippen LogP contribution is -2.23. The summed E-state index contributed by atoms with van der Waals surface area (Å²) in [7, 11) is -3.64. The summed E-state index contributed by atoms with van der Waals surface area (Å²) in [5, 5.41) is 3.43. The largest absolute Gasteiger partial charge is 0.491 e. The molecule has 1 aromatic heterocycles. The van der Waals surface area contributed by atoms with Crippen LogP contribution in [0.5, 0.6) is 5.75 Å². The van der Waals surface area contributed by atoms with Crippen LogP contribution in [0.2, 0.25) is 4.34 Å². The van der Waals surface area contributed by atoms with Crippen LogP contribution in [0.3, 0.4) is 0 Å². The van der Waals surface area contributed by atoms with E-state index in [1.54, 1.807) is 0 Å². The summed E-state index contributed by atoms with van der Waals surface area (Å²) in [6.45, 7) is 4.15. The highest BCUT2D eigenvalue weighted by atomic mass is 35.5. The van der Waals surface area contributed by atoms with E-state index in [1.807, 2.05) is 13.8 Å². The molecule has 0 bridgehead atoms.